The number of methoxy groups -OCH3 is 1. The molecule has 2 rings (SSSR count). The third kappa shape index (κ3) is 3.12. The molecule has 0 saturated carbocycles. The van der Waals surface area contributed by atoms with Gasteiger partial charge in [-0.25, -0.2) is 0 Å². The zero-order chi connectivity index (χ0) is 13.8. The molecule has 0 N–H and O–H groups in total. The highest BCUT2D eigenvalue weighted by molar-refractivity contribution is 6.32. The molecule has 0 radical (unpaired) electrons. The van der Waals surface area contributed by atoms with E-state index in [1.54, 1.807) is 7.11 Å². The molecule has 0 aliphatic carbocycles. The first kappa shape index (κ1) is 14.0. The van der Waals surface area contributed by atoms with Gasteiger partial charge in [0.1, 0.15) is 5.75 Å². The lowest BCUT2D eigenvalue weighted by Gasteiger charge is -2.37. The molecule has 1 heterocycles. The van der Waals surface area contributed by atoms with Gasteiger partial charge in [-0.05, 0) is 25.1 Å². The molecule has 0 aromatic heterocycles. The predicted molar refractivity (Wildman–Crippen MR) is 76.9 cm³/mol. The molecular formula is C14H18ClN3O. The lowest BCUT2D eigenvalue weighted by atomic mass is 10.2. The van der Waals surface area contributed by atoms with Gasteiger partial charge in [0.2, 0.25) is 0 Å². The van der Waals surface area contributed by atoms with Crippen LogP contribution in [-0.4, -0.2) is 44.2 Å². The van der Waals surface area contributed by atoms with Crippen LogP contribution >= 0.6 is 11.6 Å². The Balaban J connectivity index is 2.02. The zero-order valence-electron chi connectivity index (χ0n) is 11.3. The van der Waals surface area contributed by atoms with Crippen LogP contribution in [0.25, 0.3) is 0 Å². The maximum atomic E-state index is 8.93. The fourth-order valence-corrected chi connectivity index (χ4v) is 2.55. The molecule has 19 heavy (non-hydrogen) atoms. The van der Waals surface area contributed by atoms with E-state index in [9.17, 15) is 0 Å². The van der Waals surface area contributed by atoms with Crippen molar-refractivity contribution in [2.24, 2.45) is 0 Å². The monoisotopic (exact) mass is 279 g/mol. The molecule has 1 aromatic rings. The van der Waals surface area contributed by atoms with Crippen LogP contribution in [0.5, 0.6) is 5.75 Å². The first-order valence-corrected chi connectivity index (χ1v) is 6.75. The SMILES string of the molecule is COc1ccc(N2CCN(C(C)C#N)CC2)cc1Cl. The normalized spacial score (nSPS) is 17.9. The number of nitriles is 1. The number of benzene rings is 1. The van der Waals surface area contributed by atoms with Gasteiger partial charge in [-0.15, -0.1) is 0 Å². The molecule has 0 amide bonds. The summed E-state index contributed by atoms with van der Waals surface area (Å²) in [6.07, 6.45) is 0. The topological polar surface area (TPSA) is 39.5 Å². The highest BCUT2D eigenvalue weighted by atomic mass is 35.5. The van der Waals surface area contributed by atoms with Gasteiger partial charge in [0.15, 0.2) is 0 Å². The van der Waals surface area contributed by atoms with E-state index in [0.29, 0.717) is 10.8 Å². The third-order valence-electron chi connectivity index (χ3n) is 3.55. The van der Waals surface area contributed by atoms with Gasteiger partial charge in [0.05, 0.1) is 24.2 Å². The second kappa shape index (κ2) is 6.14. The number of nitrogens with zero attached hydrogens (tertiary/aromatic N) is 3. The lowest BCUT2D eigenvalue weighted by molar-refractivity contribution is 0.231. The van der Waals surface area contributed by atoms with Crippen molar-refractivity contribution < 1.29 is 4.74 Å². The number of halogens is 1. The van der Waals surface area contributed by atoms with Crippen LogP contribution in [0.1, 0.15) is 6.92 Å². The number of hydrogen-bond donors (Lipinski definition) is 0. The van der Waals surface area contributed by atoms with E-state index < -0.39 is 0 Å². The highest BCUT2D eigenvalue weighted by Gasteiger charge is 2.21. The van der Waals surface area contributed by atoms with E-state index >= 15 is 0 Å². The Hall–Kier alpha value is -1.44. The van der Waals surface area contributed by atoms with E-state index in [1.807, 2.05) is 25.1 Å². The second-order valence-corrected chi connectivity index (χ2v) is 5.05. The molecule has 1 fully saturated rings. The molecule has 4 nitrogen and oxygen atoms in total. The van der Waals surface area contributed by atoms with Gasteiger partial charge in [-0.1, -0.05) is 11.6 Å². The van der Waals surface area contributed by atoms with Crippen LogP contribution < -0.4 is 9.64 Å². The Labute approximate surface area is 119 Å². The summed E-state index contributed by atoms with van der Waals surface area (Å²) >= 11 is 6.15. The number of hydrogen-bond acceptors (Lipinski definition) is 4. The molecule has 5 heteroatoms. The first-order valence-electron chi connectivity index (χ1n) is 6.38. The molecule has 102 valence electrons. The van der Waals surface area contributed by atoms with E-state index in [1.165, 1.54) is 0 Å². The summed E-state index contributed by atoms with van der Waals surface area (Å²) in [5, 5.41) is 9.56. The van der Waals surface area contributed by atoms with Crippen LogP contribution in [0.3, 0.4) is 0 Å². The van der Waals surface area contributed by atoms with E-state index in [-0.39, 0.29) is 6.04 Å². The Morgan fingerprint density at radius 1 is 1.32 bits per heavy atom. The van der Waals surface area contributed by atoms with Crippen LogP contribution in [0.4, 0.5) is 5.69 Å². The van der Waals surface area contributed by atoms with E-state index in [4.69, 9.17) is 21.6 Å². The predicted octanol–water partition coefficient (Wildman–Crippen LogP) is 2.38. The third-order valence-corrected chi connectivity index (χ3v) is 3.84. The smallest absolute Gasteiger partial charge is 0.137 e. The minimum absolute atomic E-state index is 0.0124. The molecule has 1 atom stereocenters. The number of piperazine rings is 1. The van der Waals surface area contributed by atoms with Crippen molar-refractivity contribution >= 4 is 17.3 Å². The quantitative estimate of drug-likeness (QED) is 0.852. The van der Waals surface area contributed by atoms with Gasteiger partial charge in [-0.3, -0.25) is 4.90 Å². The summed E-state index contributed by atoms with van der Waals surface area (Å²) in [5.74, 6) is 0.696. The van der Waals surface area contributed by atoms with Gasteiger partial charge in [0, 0.05) is 31.9 Å². The average molecular weight is 280 g/mol. The molecule has 1 saturated heterocycles. The van der Waals surface area contributed by atoms with Crippen molar-refractivity contribution in [2.75, 3.05) is 38.2 Å². The van der Waals surface area contributed by atoms with E-state index in [2.05, 4.69) is 15.9 Å². The molecule has 1 aromatic carbocycles. The van der Waals surface area contributed by atoms with E-state index in [0.717, 1.165) is 31.9 Å². The fourth-order valence-electron chi connectivity index (χ4n) is 2.30. The summed E-state index contributed by atoms with van der Waals surface area (Å²) in [4.78, 5) is 4.48. The molecule has 0 spiro atoms. The average Bonchev–Trinajstić information content (AvgIpc) is 2.46. The number of anilines is 1. The van der Waals surface area contributed by atoms with Crippen LogP contribution in [-0.2, 0) is 0 Å². The molecule has 0 bridgehead atoms. The van der Waals surface area contributed by atoms with Crippen LogP contribution in [0.2, 0.25) is 5.02 Å². The number of ether oxygens (including phenoxy) is 1. The second-order valence-electron chi connectivity index (χ2n) is 4.65. The Kier molecular flexibility index (Phi) is 4.52. The standard InChI is InChI=1S/C14H18ClN3O/c1-11(10-16)17-5-7-18(8-6-17)12-3-4-14(19-2)13(15)9-12/h3-4,9,11H,5-8H2,1-2H3. The summed E-state index contributed by atoms with van der Waals surface area (Å²) in [6, 6.07) is 8.12. The summed E-state index contributed by atoms with van der Waals surface area (Å²) in [5.41, 5.74) is 1.11. The Morgan fingerprint density at radius 2 is 2.00 bits per heavy atom. The van der Waals surface area contributed by atoms with Gasteiger partial charge in [-0.2, -0.15) is 5.26 Å². The largest absolute Gasteiger partial charge is 0.495 e. The van der Waals surface area contributed by atoms with Gasteiger partial charge in [0.25, 0.3) is 0 Å². The number of rotatable bonds is 3. The Bertz CT molecular complexity index is 478. The van der Waals surface area contributed by atoms with Crippen molar-refractivity contribution in [3.05, 3.63) is 23.2 Å². The molecular weight excluding hydrogens is 262 g/mol. The fraction of sp³-hybridized carbons (Fsp3) is 0.500. The first-order chi connectivity index (χ1) is 9.15. The summed E-state index contributed by atoms with van der Waals surface area (Å²) in [7, 11) is 1.61. The maximum absolute atomic E-state index is 8.93. The minimum atomic E-state index is -0.0124. The molecule has 1 aliphatic heterocycles. The summed E-state index contributed by atoms with van der Waals surface area (Å²) < 4.78 is 5.16. The minimum Gasteiger partial charge on any atom is -0.495 e. The maximum Gasteiger partial charge on any atom is 0.137 e. The van der Waals surface area contributed by atoms with Crippen molar-refractivity contribution in [2.45, 2.75) is 13.0 Å². The zero-order valence-corrected chi connectivity index (χ0v) is 12.0. The van der Waals surface area contributed by atoms with Crippen molar-refractivity contribution in [3.63, 3.8) is 0 Å². The Morgan fingerprint density at radius 3 is 2.53 bits per heavy atom. The van der Waals surface area contributed by atoms with Crippen molar-refractivity contribution in [1.29, 1.82) is 5.26 Å². The van der Waals surface area contributed by atoms with Crippen molar-refractivity contribution in [3.8, 4) is 11.8 Å². The van der Waals surface area contributed by atoms with Gasteiger partial charge < -0.3 is 9.64 Å². The molecule has 1 unspecified atom stereocenters. The van der Waals surface area contributed by atoms with Crippen molar-refractivity contribution in [1.82, 2.24) is 4.90 Å². The van der Waals surface area contributed by atoms with Crippen LogP contribution in [0, 0.1) is 11.3 Å². The summed E-state index contributed by atoms with van der Waals surface area (Å²) in [6.45, 7) is 5.57. The lowest BCUT2D eigenvalue weighted by Crippen LogP contribution is -2.49. The highest BCUT2D eigenvalue weighted by Crippen LogP contribution is 2.29. The molecule has 1 aliphatic rings. The van der Waals surface area contributed by atoms with Crippen LogP contribution in [0.15, 0.2) is 18.2 Å². The van der Waals surface area contributed by atoms with Gasteiger partial charge >= 0.3 is 0 Å².